The number of benzene rings is 1. The Hall–Kier alpha value is -2.55. The summed E-state index contributed by atoms with van der Waals surface area (Å²) in [6, 6.07) is -0.670. The van der Waals surface area contributed by atoms with Gasteiger partial charge in [0.25, 0.3) is 0 Å². The van der Waals surface area contributed by atoms with Crippen LogP contribution in [0.3, 0.4) is 0 Å². The van der Waals surface area contributed by atoms with Gasteiger partial charge in [-0.2, -0.15) is 0 Å². The molecule has 0 spiro atoms. The molecule has 15 nitrogen and oxygen atoms in total. The number of carbonyl (C=O) groups is 2. The molecule has 1 saturated carbocycles. The summed E-state index contributed by atoms with van der Waals surface area (Å²) in [4.78, 5) is 75.9. The molecule has 38 heavy (non-hydrogen) atoms. The van der Waals surface area contributed by atoms with Gasteiger partial charge < -0.3 is 44.6 Å². The molecule has 1 aliphatic heterocycles. The van der Waals surface area contributed by atoms with Crippen molar-refractivity contribution in [2.45, 2.75) is 36.9 Å². The van der Waals surface area contributed by atoms with E-state index in [0.717, 1.165) is 6.20 Å². The molecule has 2 aromatic rings. The summed E-state index contributed by atoms with van der Waals surface area (Å²) in [5, 5.41) is 10.4. The van der Waals surface area contributed by atoms with Crippen LogP contribution < -0.4 is 21.4 Å². The number of pyridine rings is 1. The number of carboxylic acids is 1. The SMILES string of the molecule is NC1CCN(c2c(F)c(NC(=O)OC(P(=O)(O)O)P(=O)(O)O)c3c(=O)c(C(=O)O)cn(C4CC4)c3c2Cl)C1. The zero-order valence-corrected chi connectivity index (χ0v) is 21.7. The highest BCUT2D eigenvalue weighted by Gasteiger charge is 2.47. The second-order valence-electron chi connectivity index (χ2n) is 8.92. The van der Waals surface area contributed by atoms with Crippen molar-refractivity contribution in [3.05, 3.63) is 32.8 Å². The molecule has 8 N–H and O–H groups in total. The molecule has 1 aliphatic carbocycles. The van der Waals surface area contributed by atoms with Gasteiger partial charge in [0.1, 0.15) is 5.56 Å². The van der Waals surface area contributed by atoms with Gasteiger partial charge in [-0.25, -0.2) is 14.0 Å². The zero-order valence-electron chi connectivity index (χ0n) is 19.2. The number of aromatic nitrogens is 1. The first-order chi connectivity index (χ1) is 17.5. The largest absolute Gasteiger partial charge is 0.477 e. The molecule has 4 rings (SSSR count). The molecular formula is C19H22ClFN4O11P2. The van der Waals surface area contributed by atoms with E-state index in [4.69, 9.17) is 17.3 Å². The minimum atomic E-state index is -5.73. The molecule has 2 aliphatic rings. The van der Waals surface area contributed by atoms with Crippen LogP contribution in [0.25, 0.3) is 10.9 Å². The van der Waals surface area contributed by atoms with E-state index in [9.17, 15) is 48.2 Å². The van der Waals surface area contributed by atoms with Gasteiger partial charge in [0.15, 0.2) is 5.82 Å². The topological polar surface area (TPSA) is 242 Å². The Morgan fingerprint density at radius 1 is 1.18 bits per heavy atom. The maximum Gasteiger partial charge on any atom is 0.413 e. The molecule has 0 bridgehead atoms. The molecule has 1 atom stereocenters. The van der Waals surface area contributed by atoms with Crippen molar-refractivity contribution < 1.29 is 52.5 Å². The number of nitrogens with zero attached hydrogens (tertiary/aromatic N) is 2. The highest BCUT2D eigenvalue weighted by atomic mass is 35.5. The Labute approximate surface area is 217 Å². The smallest absolute Gasteiger partial charge is 0.413 e. The number of hydrogen-bond acceptors (Lipinski definition) is 8. The van der Waals surface area contributed by atoms with Crippen molar-refractivity contribution in [2.24, 2.45) is 5.73 Å². The average Bonchev–Trinajstić information content (AvgIpc) is 3.54. The van der Waals surface area contributed by atoms with Gasteiger partial charge in [0.2, 0.25) is 5.43 Å². The molecule has 1 aromatic carbocycles. The van der Waals surface area contributed by atoms with Crippen LogP contribution in [0.15, 0.2) is 11.0 Å². The highest BCUT2D eigenvalue weighted by Crippen LogP contribution is 2.60. The van der Waals surface area contributed by atoms with Gasteiger partial charge in [-0.15, -0.1) is 0 Å². The van der Waals surface area contributed by atoms with Crippen LogP contribution in [0.2, 0.25) is 5.02 Å². The molecule has 1 unspecified atom stereocenters. The van der Waals surface area contributed by atoms with E-state index in [0.29, 0.717) is 19.3 Å². The summed E-state index contributed by atoms with van der Waals surface area (Å²) in [7, 11) is -11.5. The number of nitrogens with one attached hydrogen (secondary N) is 1. The van der Waals surface area contributed by atoms with Gasteiger partial charge in [-0.3, -0.25) is 19.2 Å². The van der Waals surface area contributed by atoms with E-state index in [1.54, 1.807) is 5.32 Å². The lowest BCUT2D eigenvalue weighted by molar-refractivity contribution is 0.0694. The Balaban J connectivity index is 1.97. The Morgan fingerprint density at radius 3 is 2.26 bits per heavy atom. The normalized spacial score (nSPS) is 18.3. The summed E-state index contributed by atoms with van der Waals surface area (Å²) in [5.74, 6) is -2.98. The minimum absolute atomic E-state index is 0.127. The van der Waals surface area contributed by atoms with Gasteiger partial charge in [0.05, 0.1) is 27.3 Å². The number of carboxylic acid groups (broad SMARTS) is 1. The van der Waals surface area contributed by atoms with Gasteiger partial charge in [0, 0.05) is 31.4 Å². The lowest BCUT2D eigenvalue weighted by Crippen LogP contribution is -2.29. The number of ether oxygens (including phenoxy) is 1. The maximum absolute atomic E-state index is 16.0. The Morgan fingerprint density at radius 2 is 1.79 bits per heavy atom. The molecule has 2 heterocycles. The van der Waals surface area contributed by atoms with E-state index in [1.165, 1.54) is 9.47 Å². The maximum atomic E-state index is 16.0. The average molecular weight is 599 g/mol. The van der Waals surface area contributed by atoms with E-state index >= 15 is 4.39 Å². The zero-order chi connectivity index (χ0) is 28.3. The molecule has 1 amide bonds. The van der Waals surface area contributed by atoms with Crippen LogP contribution in [0.1, 0.15) is 35.7 Å². The highest BCUT2D eigenvalue weighted by molar-refractivity contribution is 7.70. The first-order valence-corrected chi connectivity index (χ1v) is 14.7. The lowest BCUT2D eigenvalue weighted by atomic mass is 10.1. The molecule has 208 valence electrons. The van der Waals surface area contributed by atoms with Gasteiger partial charge in [-0.1, -0.05) is 11.6 Å². The van der Waals surface area contributed by atoms with Crippen LogP contribution in [0, 0.1) is 5.82 Å². The van der Waals surface area contributed by atoms with Crippen molar-refractivity contribution in [3.63, 3.8) is 0 Å². The van der Waals surface area contributed by atoms with Crippen molar-refractivity contribution in [3.8, 4) is 0 Å². The van der Waals surface area contributed by atoms with E-state index in [-0.39, 0.29) is 41.4 Å². The van der Waals surface area contributed by atoms with Crippen molar-refractivity contribution >= 4 is 61.1 Å². The number of amides is 1. The van der Waals surface area contributed by atoms with E-state index < -0.39 is 60.7 Å². The summed E-state index contributed by atoms with van der Waals surface area (Å²) >= 11 is 6.59. The van der Waals surface area contributed by atoms with Crippen molar-refractivity contribution in [1.29, 1.82) is 0 Å². The van der Waals surface area contributed by atoms with Crippen LogP contribution in [-0.2, 0) is 13.9 Å². The van der Waals surface area contributed by atoms with Gasteiger partial charge in [-0.05, 0) is 19.3 Å². The number of halogens is 2. The number of rotatable bonds is 7. The number of anilines is 2. The lowest BCUT2D eigenvalue weighted by Gasteiger charge is -2.25. The standard InChI is InChI=1S/C19H22ClFN4O11P2/c20-11-14-10(16(26)9(17(27)28)6-25(14)8-1-2-8)13(12(21)15(11)24-4-3-7(22)5-24)23-18(29)36-19(37(30,31)32)38(33,34)35/h6-8,19H,1-5,22H2,(H,23,29)(H,27,28)(H2,30,31,32)(H2,33,34,35). The van der Waals surface area contributed by atoms with Crippen LogP contribution in [0.4, 0.5) is 20.6 Å². The third-order valence-corrected chi connectivity index (χ3v) is 9.58. The third-order valence-electron chi connectivity index (χ3n) is 6.05. The fourth-order valence-corrected chi connectivity index (χ4v) is 6.69. The first kappa shape index (κ1) is 28.5. The van der Waals surface area contributed by atoms with E-state index in [2.05, 4.69) is 4.74 Å². The molecule has 1 aromatic heterocycles. The second kappa shape index (κ2) is 9.88. The Kier molecular flexibility index (Phi) is 7.40. The van der Waals surface area contributed by atoms with Crippen molar-refractivity contribution in [1.82, 2.24) is 4.57 Å². The first-order valence-electron chi connectivity index (χ1n) is 10.9. The summed E-state index contributed by atoms with van der Waals surface area (Å²) in [6.45, 7) is 0.359. The molecule has 1 saturated heterocycles. The second-order valence-corrected chi connectivity index (χ2v) is 13.0. The predicted octanol–water partition coefficient (Wildman–Crippen LogP) is 1.55. The number of hydrogen-bond donors (Lipinski definition) is 7. The van der Waals surface area contributed by atoms with E-state index in [1.807, 2.05) is 0 Å². The summed E-state index contributed by atoms with van der Waals surface area (Å²) in [5.41, 5.74) is -0.700. The third kappa shape index (κ3) is 5.31. The quantitative estimate of drug-likeness (QED) is 0.224. The minimum Gasteiger partial charge on any atom is -0.477 e. The number of fused-ring (bicyclic) bond motifs is 1. The summed E-state index contributed by atoms with van der Waals surface area (Å²) in [6.07, 6.45) is 0.704. The molecule has 2 fully saturated rings. The van der Waals surface area contributed by atoms with Gasteiger partial charge >= 0.3 is 32.8 Å². The number of carbonyl (C=O) groups excluding carboxylic acids is 1. The fraction of sp³-hybridized carbons (Fsp3) is 0.421. The van der Waals surface area contributed by atoms with Crippen LogP contribution in [0.5, 0.6) is 0 Å². The summed E-state index contributed by atoms with van der Waals surface area (Å²) < 4.78 is 44.7. The predicted molar refractivity (Wildman–Crippen MR) is 131 cm³/mol. The molecule has 0 radical (unpaired) electrons. The fourth-order valence-electron chi connectivity index (χ4n) is 4.26. The molecule has 19 heteroatoms. The number of aromatic carboxylic acids is 1. The van der Waals surface area contributed by atoms with Crippen molar-refractivity contribution in [2.75, 3.05) is 23.3 Å². The number of nitrogens with two attached hydrogens (primary N) is 1. The van der Waals surface area contributed by atoms with Crippen LogP contribution in [-0.4, -0.2) is 66.0 Å². The Bertz CT molecular complexity index is 1480. The van der Waals surface area contributed by atoms with Crippen LogP contribution >= 0.6 is 26.8 Å². The monoisotopic (exact) mass is 598 g/mol. The molecular weight excluding hydrogens is 577 g/mol.